The predicted molar refractivity (Wildman–Crippen MR) is 122 cm³/mol. The summed E-state index contributed by atoms with van der Waals surface area (Å²) >= 11 is 1.48. The number of thioether (sulfide) groups is 1. The van der Waals surface area contributed by atoms with Crippen LogP contribution in [0.2, 0.25) is 0 Å². The first kappa shape index (κ1) is 22.2. The van der Waals surface area contributed by atoms with E-state index in [9.17, 15) is 13.2 Å². The number of rotatable bonds is 7. The highest BCUT2D eigenvalue weighted by Gasteiger charge is 2.30. The number of amides is 1. The Morgan fingerprint density at radius 1 is 1.00 bits per heavy atom. The van der Waals surface area contributed by atoms with Crippen LogP contribution in [0.4, 0.5) is 0 Å². The van der Waals surface area contributed by atoms with E-state index in [2.05, 4.69) is 0 Å². The zero-order valence-corrected chi connectivity index (χ0v) is 19.4. The summed E-state index contributed by atoms with van der Waals surface area (Å²) in [4.78, 5) is 15.8. The summed E-state index contributed by atoms with van der Waals surface area (Å²) in [6, 6.07) is 13.2. The second-order valence-corrected chi connectivity index (χ2v) is 10.7. The molecule has 4 rings (SSSR count). The molecule has 6 nitrogen and oxygen atoms in total. The molecule has 0 bridgehead atoms. The zero-order chi connectivity index (χ0) is 21.8. The van der Waals surface area contributed by atoms with Crippen molar-refractivity contribution in [3.05, 3.63) is 53.6 Å². The van der Waals surface area contributed by atoms with Crippen LogP contribution >= 0.6 is 11.8 Å². The first-order valence-electron chi connectivity index (χ1n) is 10.7. The van der Waals surface area contributed by atoms with E-state index < -0.39 is 10.0 Å². The number of fused-ring (bicyclic) bond motifs is 1. The van der Waals surface area contributed by atoms with Gasteiger partial charge in [-0.25, -0.2) is 8.42 Å². The van der Waals surface area contributed by atoms with Crippen LogP contribution in [0.5, 0.6) is 5.75 Å². The summed E-state index contributed by atoms with van der Waals surface area (Å²) in [6.45, 7) is 4.08. The molecule has 2 aromatic carbocycles. The normalized spacial score (nSPS) is 16.9. The number of nitrogens with zero attached hydrogens (tertiary/aromatic N) is 2. The van der Waals surface area contributed by atoms with Gasteiger partial charge in [0.15, 0.2) is 0 Å². The van der Waals surface area contributed by atoms with Crippen LogP contribution in [0.3, 0.4) is 0 Å². The number of piperazine rings is 1. The van der Waals surface area contributed by atoms with Crippen molar-refractivity contribution in [2.24, 2.45) is 0 Å². The highest BCUT2D eigenvalue weighted by atomic mass is 32.2. The number of benzene rings is 2. The van der Waals surface area contributed by atoms with Gasteiger partial charge in [-0.2, -0.15) is 4.31 Å². The van der Waals surface area contributed by atoms with Gasteiger partial charge in [0.25, 0.3) is 0 Å². The van der Waals surface area contributed by atoms with Crippen molar-refractivity contribution in [2.45, 2.75) is 36.0 Å². The maximum absolute atomic E-state index is 13.1. The summed E-state index contributed by atoms with van der Waals surface area (Å²) in [5, 5.41) is 0. The smallest absolute Gasteiger partial charge is 0.243 e. The van der Waals surface area contributed by atoms with Crippen LogP contribution in [0.1, 0.15) is 24.5 Å². The number of hydrogen-bond donors (Lipinski definition) is 0. The molecule has 1 aliphatic carbocycles. The minimum absolute atomic E-state index is 0.0356. The van der Waals surface area contributed by atoms with E-state index in [1.807, 2.05) is 43.3 Å². The van der Waals surface area contributed by atoms with Gasteiger partial charge in [0.1, 0.15) is 5.75 Å². The molecular weight excluding hydrogens is 432 g/mol. The monoisotopic (exact) mass is 460 g/mol. The van der Waals surface area contributed by atoms with Crippen molar-refractivity contribution in [3.63, 3.8) is 0 Å². The van der Waals surface area contributed by atoms with E-state index in [1.54, 1.807) is 11.0 Å². The topological polar surface area (TPSA) is 66.9 Å². The van der Waals surface area contributed by atoms with Crippen LogP contribution in [0.25, 0.3) is 0 Å². The zero-order valence-electron chi connectivity index (χ0n) is 17.7. The van der Waals surface area contributed by atoms with Crippen LogP contribution < -0.4 is 4.74 Å². The van der Waals surface area contributed by atoms with Gasteiger partial charge in [0.2, 0.25) is 15.9 Å². The average Bonchev–Trinajstić information content (AvgIpc) is 3.27. The number of carbonyl (C=O) groups is 1. The minimum atomic E-state index is -3.52. The third-order valence-electron chi connectivity index (χ3n) is 5.80. The molecule has 31 heavy (non-hydrogen) atoms. The van der Waals surface area contributed by atoms with E-state index in [0.29, 0.717) is 43.4 Å². The Balaban J connectivity index is 1.30. The summed E-state index contributed by atoms with van der Waals surface area (Å²) in [7, 11) is -3.52. The van der Waals surface area contributed by atoms with Gasteiger partial charge >= 0.3 is 0 Å². The summed E-state index contributed by atoms with van der Waals surface area (Å²) in [5.41, 5.74) is 2.42. The van der Waals surface area contributed by atoms with E-state index in [4.69, 9.17) is 4.74 Å². The largest absolute Gasteiger partial charge is 0.494 e. The number of carbonyl (C=O) groups excluding carboxylic acids is 1. The fourth-order valence-electron chi connectivity index (χ4n) is 4.07. The number of hydrogen-bond acceptors (Lipinski definition) is 5. The minimum Gasteiger partial charge on any atom is -0.494 e. The lowest BCUT2D eigenvalue weighted by Gasteiger charge is -2.34. The quantitative estimate of drug-likeness (QED) is 0.594. The number of sulfonamides is 1. The molecule has 2 aliphatic rings. The number of ether oxygens (including phenoxy) is 1. The van der Waals surface area contributed by atoms with Crippen molar-refractivity contribution >= 4 is 27.7 Å². The van der Waals surface area contributed by atoms with E-state index in [-0.39, 0.29) is 5.91 Å². The van der Waals surface area contributed by atoms with Crippen molar-refractivity contribution in [1.29, 1.82) is 0 Å². The Hall–Kier alpha value is -2.03. The molecule has 0 spiro atoms. The second-order valence-electron chi connectivity index (χ2n) is 7.76. The average molecular weight is 461 g/mol. The highest BCUT2D eigenvalue weighted by Crippen LogP contribution is 2.27. The molecule has 0 unspecified atom stereocenters. The van der Waals surface area contributed by atoms with Crippen molar-refractivity contribution in [2.75, 3.05) is 38.5 Å². The Morgan fingerprint density at radius 3 is 2.42 bits per heavy atom. The fraction of sp³-hybridized carbons (Fsp3) is 0.435. The lowest BCUT2D eigenvalue weighted by Crippen LogP contribution is -2.50. The van der Waals surface area contributed by atoms with Crippen LogP contribution in [-0.4, -0.2) is 62.1 Å². The van der Waals surface area contributed by atoms with Gasteiger partial charge in [-0.15, -0.1) is 11.8 Å². The van der Waals surface area contributed by atoms with Gasteiger partial charge in [-0.05, 0) is 73.7 Å². The third-order valence-corrected chi connectivity index (χ3v) is 8.69. The molecule has 166 valence electrons. The van der Waals surface area contributed by atoms with Crippen molar-refractivity contribution in [3.8, 4) is 5.75 Å². The number of aryl methyl sites for hydroxylation is 2. The molecule has 0 atom stereocenters. The second kappa shape index (κ2) is 9.63. The van der Waals surface area contributed by atoms with Crippen LogP contribution in [0, 0.1) is 0 Å². The van der Waals surface area contributed by atoms with Gasteiger partial charge in [-0.1, -0.05) is 6.07 Å². The molecule has 2 aromatic rings. The standard InChI is InChI=1S/C23H28N2O4S2/c1-2-29-20-7-9-21(10-8-20)30-17-23(26)24-12-14-25(15-13-24)31(27,28)22-11-6-18-4-3-5-19(18)16-22/h6-11,16H,2-5,12-15,17H2,1H3. The van der Waals surface area contributed by atoms with Crippen LogP contribution in [-0.2, 0) is 27.7 Å². The Labute approximate surface area is 188 Å². The summed E-state index contributed by atoms with van der Waals surface area (Å²) in [5.74, 6) is 1.19. The maximum atomic E-state index is 13.1. The maximum Gasteiger partial charge on any atom is 0.243 e. The van der Waals surface area contributed by atoms with Gasteiger partial charge in [-0.3, -0.25) is 4.79 Å². The fourth-order valence-corrected chi connectivity index (χ4v) is 6.35. The summed E-state index contributed by atoms with van der Waals surface area (Å²) < 4.78 is 33.1. The lowest BCUT2D eigenvalue weighted by molar-refractivity contribution is -0.129. The van der Waals surface area contributed by atoms with Gasteiger partial charge < -0.3 is 9.64 Å². The molecule has 1 saturated heterocycles. The lowest BCUT2D eigenvalue weighted by atomic mass is 10.1. The first-order chi connectivity index (χ1) is 15.0. The first-order valence-corrected chi connectivity index (χ1v) is 13.2. The van der Waals surface area contributed by atoms with E-state index >= 15 is 0 Å². The molecular formula is C23H28N2O4S2. The predicted octanol–water partition coefficient (Wildman–Crippen LogP) is 3.20. The van der Waals surface area contributed by atoms with Crippen LogP contribution in [0.15, 0.2) is 52.3 Å². The molecule has 1 aliphatic heterocycles. The Kier molecular flexibility index (Phi) is 6.89. The molecule has 1 heterocycles. The molecule has 0 N–H and O–H groups in total. The van der Waals surface area contributed by atoms with Crippen molar-refractivity contribution < 1.29 is 17.9 Å². The third kappa shape index (κ3) is 5.07. The Morgan fingerprint density at radius 2 is 1.71 bits per heavy atom. The van der Waals surface area contributed by atoms with E-state index in [0.717, 1.165) is 35.5 Å². The molecule has 1 amide bonds. The van der Waals surface area contributed by atoms with Crippen molar-refractivity contribution in [1.82, 2.24) is 9.21 Å². The molecule has 8 heteroatoms. The molecule has 0 aromatic heterocycles. The van der Waals surface area contributed by atoms with Gasteiger partial charge in [0.05, 0.1) is 17.3 Å². The molecule has 1 fully saturated rings. The SMILES string of the molecule is CCOc1ccc(SCC(=O)N2CCN(S(=O)(=O)c3ccc4c(c3)CCC4)CC2)cc1. The highest BCUT2D eigenvalue weighted by molar-refractivity contribution is 8.00. The van der Waals surface area contributed by atoms with E-state index in [1.165, 1.54) is 21.6 Å². The Bertz CT molecular complexity index is 1030. The van der Waals surface area contributed by atoms with Gasteiger partial charge in [0, 0.05) is 31.1 Å². The molecule has 0 saturated carbocycles. The molecule has 0 radical (unpaired) electrons. The summed E-state index contributed by atoms with van der Waals surface area (Å²) in [6.07, 6.45) is 3.08.